The smallest absolute Gasteiger partial charge is 0.269 e. The summed E-state index contributed by atoms with van der Waals surface area (Å²) in [7, 11) is 0. The molecule has 0 radical (unpaired) electrons. The van der Waals surface area contributed by atoms with Gasteiger partial charge in [0.25, 0.3) is 11.8 Å². The van der Waals surface area contributed by atoms with E-state index in [4.69, 9.17) is 0 Å². The molecule has 120 valence electrons. The van der Waals surface area contributed by atoms with Crippen molar-refractivity contribution in [1.29, 1.82) is 0 Å². The average Bonchev–Trinajstić information content (AvgIpc) is 3.15. The van der Waals surface area contributed by atoms with Crippen LogP contribution in [-0.4, -0.2) is 16.4 Å². The van der Waals surface area contributed by atoms with Gasteiger partial charge in [0.15, 0.2) is 0 Å². The predicted octanol–water partition coefficient (Wildman–Crippen LogP) is 2.69. The van der Waals surface area contributed by atoms with E-state index in [9.17, 15) is 14.0 Å². The van der Waals surface area contributed by atoms with Crippen LogP contribution in [0.25, 0.3) is 5.69 Å². The molecule has 0 aliphatic carbocycles. The molecule has 1 aromatic heterocycles. The molecule has 0 atom stereocenters. The van der Waals surface area contributed by atoms with Crippen LogP contribution >= 0.6 is 0 Å². The Balaban J connectivity index is 1.60. The Morgan fingerprint density at radius 3 is 1.71 bits per heavy atom. The van der Waals surface area contributed by atoms with Crippen molar-refractivity contribution in [3.8, 4) is 5.69 Å². The standard InChI is InChI=1S/C18H14FN3O2/c19-15-7-3-13(4-8-15)17(23)20-21-18(24)14-5-9-16(10-6-14)22-11-1-2-12-22/h1-12H,(H,20,23)(H,21,24). The highest BCUT2D eigenvalue weighted by Gasteiger charge is 2.09. The van der Waals surface area contributed by atoms with Gasteiger partial charge >= 0.3 is 0 Å². The lowest BCUT2D eigenvalue weighted by atomic mass is 10.2. The SMILES string of the molecule is O=C(NNC(=O)c1ccc(-n2cccc2)cc1)c1ccc(F)cc1. The second kappa shape index (κ2) is 6.78. The van der Waals surface area contributed by atoms with E-state index in [0.29, 0.717) is 5.56 Å². The molecule has 0 spiro atoms. The highest BCUT2D eigenvalue weighted by molar-refractivity contribution is 5.99. The zero-order chi connectivity index (χ0) is 16.9. The van der Waals surface area contributed by atoms with Crippen LogP contribution in [0.2, 0.25) is 0 Å². The number of hydrogen-bond donors (Lipinski definition) is 2. The molecule has 0 aliphatic rings. The first-order valence-corrected chi connectivity index (χ1v) is 7.23. The number of aromatic nitrogens is 1. The number of nitrogens with zero attached hydrogens (tertiary/aromatic N) is 1. The number of hydrogen-bond acceptors (Lipinski definition) is 2. The molecule has 0 saturated carbocycles. The Morgan fingerprint density at radius 1 is 0.750 bits per heavy atom. The number of hydrazine groups is 1. The van der Waals surface area contributed by atoms with Crippen LogP contribution in [0.4, 0.5) is 4.39 Å². The average molecular weight is 323 g/mol. The van der Waals surface area contributed by atoms with Gasteiger partial charge in [-0.25, -0.2) is 4.39 Å². The third-order valence-electron chi connectivity index (χ3n) is 3.43. The van der Waals surface area contributed by atoms with Crippen molar-refractivity contribution in [2.45, 2.75) is 0 Å². The fraction of sp³-hybridized carbons (Fsp3) is 0. The van der Waals surface area contributed by atoms with Crippen molar-refractivity contribution in [3.63, 3.8) is 0 Å². The molecule has 2 amide bonds. The molecule has 0 unspecified atom stereocenters. The van der Waals surface area contributed by atoms with E-state index >= 15 is 0 Å². The lowest BCUT2D eigenvalue weighted by Crippen LogP contribution is -2.41. The van der Waals surface area contributed by atoms with Gasteiger partial charge in [-0.15, -0.1) is 0 Å². The van der Waals surface area contributed by atoms with Crippen molar-refractivity contribution in [2.24, 2.45) is 0 Å². The minimum absolute atomic E-state index is 0.250. The molecule has 0 bridgehead atoms. The molecule has 5 nitrogen and oxygen atoms in total. The fourth-order valence-corrected chi connectivity index (χ4v) is 2.15. The maximum absolute atomic E-state index is 12.8. The molecular weight excluding hydrogens is 309 g/mol. The molecule has 24 heavy (non-hydrogen) atoms. The normalized spacial score (nSPS) is 10.2. The minimum atomic E-state index is -0.521. The summed E-state index contributed by atoms with van der Waals surface area (Å²) in [5, 5.41) is 0. The van der Waals surface area contributed by atoms with Crippen molar-refractivity contribution in [2.75, 3.05) is 0 Å². The number of amides is 2. The molecule has 2 aromatic carbocycles. The lowest BCUT2D eigenvalue weighted by Gasteiger charge is -2.08. The predicted molar refractivity (Wildman–Crippen MR) is 87.1 cm³/mol. The maximum atomic E-state index is 12.8. The van der Waals surface area contributed by atoms with E-state index in [2.05, 4.69) is 10.9 Å². The Hall–Kier alpha value is -3.41. The van der Waals surface area contributed by atoms with E-state index in [1.54, 1.807) is 24.3 Å². The van der Waals surface area contributed by atoms with E-state index < -0.39 is 17.6 Å². The monoisotopic (exact) mass is 323 g/mol. The first-order chi connectivity index (χ1) is 11.6. The first-order valence-electron chi connectivity index (χ1n) is 7.23. The Kier molecular flexibility index (Phi) is 4.38. The molecule has 3 aromatic rings. The van der Waals surface area contributed by atoms with E-state index in [0.717, 1.165) is 5.69 Å². The summed E-state index contributed by atoms with van der Waals surface area (Å²) < 4.78 is 14.7. The molecule has 3 rings (SSSR count). The van der Waals surface area contributed by atoms with Gasteiger partial charge in [0.1, 0.15) is 5.82 Å². The zero-order valence-corrected chi connectivity index (χ0v) is 12.6. The van der Waals surface area contributed by atoms with Gasteiger partial charge < -0.3 is 4.57 Å². The van der Waals surface area contributed by atoms with E-state index in [1.807, 2.05) is 29.1 Å². The second-order valence-corrected chi connectivity index (χ2v) is 5.05. The van der Waals surface area contributed by atoms with Crippen LogP contribution in [0.5, 0.6) is 0 Å². The van der Waals surface area contributed by atoms with Gasteiger partial charge in [0.05, 0.1) is 0 Å². The zero-order valence-electron chi connectivity index (χ0n) is 12.6. The van der Waals surface area contributed by atoms with Gasteiger partial charge in [-0.2, -0.15) is 0 Å². The highest BCUT2D eigenvalue weighted by atomic mass is 19.1. The molecule has 0 aliphatic heterocycles. The fourth-order valence-electron chi connectivity index (χ4n) is 2.15. The first kappa shape index (κ1) is 15.5. The molecule has 0 fully saturated rings. The second-order valence-electron chi connectivity index (χ2n) is 5.05. The van der Waals surface area contributed by atoms with Gasteiger partial charge in [-0.3, -0.25) is 20.4 Å². The van der Waals surface area contributed by atoms with Crippen molar-refractivity contribution in [1.82, 2.24) is 15.4 Å². The van der Waals surface area contributed by atoms with Crippen molar-refractivity contribution >= 4 is 11.8 Å². The topological polar surface area (TPSA) is 63.1 Å². The number of rotatable bonds is 3. The van der Waals surface area contributed by atoms with E-state index in [-0.39, 0.29) is 5.56 Å². The summed E-state index contributed by atoms with van der Waals surface area (Å²) in [6, 6.07) is 15.8. The van der Waals surface area contributed by atoms with Crippen LogP contribution in [-0.2, 0) is 0 Å². The summed E-state index contributed by atoms with van der Waals surface area (Å²) >= 11 is 0. The van der Waals surface area contributed by atoms with Crippen LogP contribution in [0.15, 0.2) is 73.1 Å². The van der Waals surface area contributed by atoms with Crippen LogP contribution in [0.1, 0.15) is 20.7 Å². The Morgan fingerprint density at radius 2 is 1.21 bits per heavy atom. The van der Waals surface area contributed by atoms with Gasteiger partial charge in [-0.05, 0) is 60.7 Å². The van der Waals surface area contributed by atoms with Gasteiger partial charge in [0.2, 0.25) is 0 Å². The quantitative estimate of drug-likeness (QED) is 0.728. The summed E-state index contributed by atoms with van der Waals surface area (Å²) in [5.41, 5.74) is 6.20. The van der Waals surface area contributed by atoms with Crippen LogP contribution in [0.3, 0.4) is 0 Å². The third-order valence-corrected chi connectivity index (χ3v) is 3.43. The number of carbonyl (C=O) groups is 2. The van der Waals surface area contributed by atoms with Crippen LogP contribution in [0, 0.1) is 5.82 Å². The van der Waals surface area contributed by atoms with Crippen LogP contribution < -0.4 is 10.9 Å². The maximum Gasteiger partial charge on any atom is 0.269 e. The third kappa shape index (κ3) is 3.49. The summed E-state index contributed by atoms with van der Waals surface area (Å²) in [6.45, 7) is 0. The van der Waals surface area contributed by atoms with E-state index in [1.165, 1.54) is 24.3 Å². The molecule has 1 heterocycles. The Labute approximate surface area is 137 Å². The number of nitrogens with one attached hydrogen (secondary N) is 2. The lowest BCUT2D eigenvalue weighted by molar-refractivity contribution is 0.0846. The summed E-state index contributed by atoms with van der Waals surface area (Å²) in [4.78, 5) is 23.9. The molecule has 0 saturated heterocycles. The van der Waals surface area contributed by atoms with Gasteiger partial charge in [-0.1, -0.05) is 0 Å². The number of halogens is 1. The van der Waals surface area contributed by atoms with Crippen molar-refractivity contribution in [3.05, 3.63) is 90.0 Å². The molecular formula is C18H14FN3O2. The van der Waals surface area contributed by atoms with Gasteiger partial charge in [0, 0.05) is 29.2 Å². The largest absolute Gasteiger partial charge is 0.324 e. The Bertz CT molecular complexity index is 841. The summed E-state index contributed by atoms with van der Waals surface area (Å²) in [5.74, 6) is -1.39. The summed E-state index contributed by atoms with van der Waals surface area (Å²) in [6.07, 6.45) is 3.80. The minimum Gasteiger partial charge on any atom is -0.324 e. The molecule has 2 N–H and O–H groups in total. The number of benzene rings is 2. The van der Waals surface area contributed by atoms with Crippen molar-refractivity contribution < 1.29 is 14.0 Å². The highest BCUT2D eigenvalue weighted by Crippen LogP contribution is 2.10. The molecule has 6 heteroatoms. The number of carbonyl (C=O) groups excluding carboxylic acids is 2.